The number of nitrogens with zero attached hydrogens (tertiary/aromatic N) is 1. The summed E-state index contributed by atoms with van der Waals surface area (Å²) in [6.45, 7) is 4.28. The Balaban J connectivity index is 0. The number of aliphatic hydroxyl groups excluding tert-OH is 3. The molecule has 0 aliphatic heterocycles. The van der Waals surface area contributed by atoms with Crippen LogP contribution in [0.3, 0.4) is 0 Å². The van der Waals surface area contributed by atoms with Crippen molar-refractivity contribution in [3.8, 4) is 0 Å². The van der Waals surface area contributed by atoms with E-state index in [2.05, 4.69) is 6.92 Å². The summed E-state index contributed by atoms with van der Waals surface area (Å²) in [5.41, 5.74) is 0. The Morgan fingerprint density at radius 3 is 1.41 bits per heavy atom. The molecule has 0 saturated heterocycles. The second-order valence-electron chi connectivity index (χ2n) is 8.38. The highest BCUT2D eigenvalue weighted by molar-refractivity contribution is 4.57. The highest BCUT2D eigenvalue weighted by Crippen LogP contribution is 2.14. The van der Waals surface area contributed by atoms with Gasteiger partial charge in [0.25, 0.3) is 0 Å². The molecule has 0 aromatic rings. The largest absolute Gasteiger partial charge is 1.00 e. The second-order valence-corrected chi connectivity index (χ2v) is 8.38. The molecule has 0 rings (SSSR count). The molecule has 0 aromatic carbocycles. The van der Waals surface area contributed by atoms with E-state index >= 15 is 0 Å². The van der Waals surface area contributed by atoms with E-state index in [1.165, 1.54) is 77.0 Å². The molecular weight excluding hydrogens is 406 g/mol. The van der Waals surface area contributed by atoms with Crippen molar-refractivity contribution in [3.05, 3.63) is 0 Å². The van der Waals surface area contributed by atoms with Crippen molar-refractivity contribution >= 4 is 0 Å². The lowest BCUT2D eigenvalue weighted by molar-refractivity contribution is -0.913. The van der Waals surface area contributed by atoms with Crippen molar-refractivity contribution in [2.75, 3.05) is 39.9 Å². The number of unbranched alkanes of at least 4 members (excludes halogenated alkanes) is 12. The molecular formula is C22H48BrNO3. The van der Waals surface area contributed by atoms with Crippen molar-refractivity contribution < 1.29 is 36.8 Å². The van der Waals surface area contributed by atoms with Gasteiger partial charge in [0, 0.05) is 0 Å². The van der Waals surface area contributed by atoms with Crippen LogP contribution >= 0.6 is 0 Å². The predicted octanol–water partition coefficient (Wildman–Crippen LogP) is 1.26. The van der Waals surface area contributed by atoms with Crippen LogP contribution in [-0.2, 0) is 0 Å². The smallest absolute Gasteiger partial charge is 0.105 e. The van der Waals surface area contributed by atoms with E-state index in [1.807, 2.05) is 7.05 Å². The number of aliphatic hydroxyl groups is 3. The Bertz CT molecular complexity index is 287. The van der Waals surface area contributed by atoms with Crippen molar-refractivity contribution in [3.63, 3.8) is 0 Å². The van der Waals surface area contributed by atoms with Crippen LogP contribution in [0.15, 0.2) is 0 Å². The molecule has 0 amide bonds. The van der Waals surface area contributed by atoms with Gasteiger partial charge in [0.1, 0.15) is 25.7 Å². The van der Waals surface area contributed by atoms with Crippen molar-refractivity contribution in [1.29, 1.82) is 0 Å². The Kier molecular flexibility index (Phi) is 23.0. The van der Waals surface area contributed by atoms with E-state index in [1.54, 1.807) is 0 Å². The first-order valence-corrected chi connectivity index (χ1v) is 11.3. The standard InChI is InChI=1S/C22H48NO3.BrH/c1-3-4-5-6-7-8-9-10-11-12-13-14-15-16-22(26)21-23(2,17-19-24)18-20-25;/h22,24-26H,3-21H2,1-2H3;1H/q+1;/p-1. The third-order valence-corrected chi connectivity index (χ3v) is 5.57. The van der Waals surface area contributed by atoms with Crippen molar-refractivity contribution in [2.24, 2.45) is 0 Å². The Labute approximate surface area is 179 Å². The fourth-order valence-corrected chi connectivity index (χ4v) is 3.78. The summed E-state index contributed by atoms with van der Waals surface area (Å²) >= 11 is 0. The number of hydrogen-bond acceptors (Lipinski definition) is 3. The van der Waals surface area contributed by atoms with Gasteiger partial charge in [-0.2, -0.15) is 0 Å². The van der Waals surface area contributed by atoms with Gasteiger partial charge in [-0.3, -0.25) is 0 Å². The molecule has 3 N–H and O–H groups in total. The number of quaternary nitrogens is 1. The van der Waals surface area contributed by atoms with Gasteiger partial charge in [-0.25, -0.2) is 0 Å². The van der Waals surface area contributed by atoms with E-state index in [0.717, 1.165) is 12.8 Å². The number of rotatable bonds is 20. The predicted molar refractivity (Wildman–Crippen MR) is 111 cm³/mol. The lowest BCUT2D eigenvalue weighted by Gasteiger charge is -2.35. The Hall–Kier alpha value is 0.320. The van der Waals surface area contributed by atoms with Gasteiger partial charge in [-0.1, -0.05) is 90.4 Å². The molecule has 1 unspecified atom stereocenters. The molecule has 0 heterocycles. The van der Waals surface area contributed by atoms with Crippen LogP contribution in [0.5, 0.6) is 0 Å². The number of hydrogen-bond donors (Lipinski definition) is 3. The number of likely N-dealkylation sites (N-methyl/N-ethyl adjacent to an activating group) is 1. The van der Waals surface area contributed by atoms with Gasteiger partial charge < -0.3 is 36.8 Å². The highest BCUT2D eigenvalue weighted by Gasteiger charge is 2.24. The lowest BCUT2D eigenvalue weighted by atomic mass is 10.0. The molecule has 5 heteroatoms. The van der Waals surface area contributed by atoms with Gasteiger partial charge in [-0.15, -0.1) is 0 Å². The molecule has 0 radical (unpaired) electrons. The highest BCUT2D eigenvalue weighted by atomic mass is 79.9. The lowest BCUT2D eigenvalue weighted by Crippen LogP contribution is -3.00. The Morgan fingerprint density at radius 1 is 0.667 bits per heavy atom. The fourth-order valence-electron chi connectivity index (χ4n) is 3.78. The molecule has 0 aromatic heterocycles. The maximum absolute atomic E-state index is 10.2. The van der Waals surface area contributed by atoms with E-state index < -0.39 is 0 Å². The van der Waals surface area contributed by atoms with Crippen LogP contribution in [0, 0.1) is 0 Å². The van der Waals surface area contributed by atoms with Crippen molar-refractivity contribution in [2.45, 2.75) is 103 Å². The molecule has 4 nitrogen and oxygen atoms in total. The first kappa shape index (κ1) is 29.5. The molecule has 27 heavy (non-hydrogen) atoms. The minimum Gasteiger partial charge on any atom is -1.00 e. The summed E-state index contributed by atoms with van der Waals surface area (Å²) in [4.78, 5) is 0. The normalized spacial score (nSPS) is 12.8. The first-order chi connectivity index (χ1) is 12.6. The summed E-state index contributed by atoms with van der Waals surface area (Å²) in [6, 6.07) is 0. The van der Waals surface area contributed by atoms with Gasteiger partial charge in [0.05, 0.1) is 20.3 Å². The van der Waals surface area contributed by atoms with Crippen LogP contribution in [0.1, 0.15) is 96.8 Å². The maximum Gasteiger partial charge on any atom is 0.105 e. The third-order valence-electron chi connectivity index (χ3n) is 5.57. The zero-order valence-electron chi connectivity index (χ0n) is 18.2. The summed E-state index contributed by atoms with van der Waals surface area (Å²) in [6.07, 6.45) is 17.9. The van der Waals surface area contributed by atoms with E-state index in [0.29, 0.717) is 24.1 Å². The molecule has 0 aliphatic rings. The second kappa shape index (κ2) is 21.0. The van der Waals surface area contributed by atoms with Crippen LogP contribution in [0.4, 0.5) is 0 Å². The summed E-state index contributed by atoms with van der Waals surface area (Å²) in [5.74, 6) is 0. The average Bonchev–Trinajstić information content (AvgIpc) is 2.59. The van der Waals surface area contributed by atoms with E-state index in [9.17, 15) is 5.11 Å². The third kappa shape index (κ3) is 19.4. The van der Waals surface area contributed by atoms with Crippen LogP contribution < -0.4 is 17.0 Å². The SMILES string of the molecule is CCCCCCCCCCCCCCCC(O)C[N+](C)(CCO)CCO.[Br-]. The summed E-state index contributed by atoms with van der Waals surface area (Å²) in [7, 11) is 2.00. The topological polar surface area (TPSA) is 60.7 Å². The quantitative estimate of drug-likeness (QED) is 0.192. The molecule has 0 spiro atoms. The summed E-state index contributed by atoms with van der Waals surface area (Å²) in [5, 5.41) is 28.6. The zero-order valence-corrected chi connectivity index (χ0v) is 19.8. The van der Waals surface area contributed by atoms with Crippen LogP contribution in [-0.4, -0.2) is 65.8 Å². The molecule has 1 atom stereocenters. The van der Waals surface area contributed by atoms with E-state index in [4.69, 9.17) is 10.2 Å². The van der Waals surface area contributed by atoms with Gasteiger partial charge in [0.15, 0.2) is 0 Å². The minimum absolute atomic E-state index is 0. The number of halogens is 1. The molecule has 0 saturated carbocycles. The van der Waals surface area contributed by atoms with E-state index in [-0.39, 0.29) is 36.3 Å². The van der Waals surface area contributed by atoms with Crippen molar-refractivity contribution in [1.82, 2.24) is 0 Å². The molecule has 0 fully saturated rings. The fraction of sp³-hybridized carbons (Fsp3) is 1.00. The average molecular weight is 455 g/mol. The summed E-state index contributed by atoms with van der Waals surface area (Å²) < 4.78 is 0.548. The van der Waals surface area contributed by atoms with Crippen LogP contribution in [0.25, 0.3) is 0 Å². The van der Waals surface area contributed by atoms with Gasteiger partial charge in [0.2, 0.25) is 0 Å². The maximum atomic E-state index is 10.2. The molecule has 0 aliphatic carbocycles. The monoisotopic (exact) mass is 453 g/mol. The van der Waals surface area contributed by atoms with Gasteiger partial charge >= 0.3 is 0 Å². The Morgan fingerprint density at radius 2 is 1.04 bits per heavy atom. The molecule has 0 bridgehead atoms. The van der Waals surface area contributed by atoms with Crippen LogP contribution in [0.2, 0.25) is 0 Å². The van der Waals surface area contributed by atoms with Gasteiger partial charge in [-0.05, 0) is 6.42 Å². The minimum atomic E-state index is -0.328. The first-order valence-electron chi connectivity index (χ1n) is 11.3. The molecule has 166 valence electrons. The zero-order chi connectivity index (χ0) is 19.5.